The van der Waals surface area contributed by atoms with Crippen LogP contribution in [0.4, 0.5) is 0 Å². The zero-order valence-corrected chi connectivity index (χ0v) is 12.9. The Kier molecular flexibility index (Phi) is 5.10. The molecule has 1 N–H and O–H groups in total. The lowest BCUT2D eigenvalue weighted by atomic mass is 10.3. The lowest BCUT2D eigenvalue weighted by molar-refractivity contribution is -0.120. The van der Waals surface area contributed by atoms with E-state index >= 15 is 0 Å². The predicted molar refractivity (Wildman–Crippen MR) is 81.0 cm³/mol. The molecule has 0 unspecified atom stereocenters. The van der Waals surface area contributed by atoms with Crippen LogP contribution in [0.1, 0.15) is 27.4 Å². The number of rotatable bonds is 6. The molecule has 0 aliphatic carbocycles. The van der Waals surface area contributed by atoms with E-state index in [1.165, 1.54) is 10.6 Å². The number of amides is 1. The largest absolute Gasteiger partial charge is 0.355 e. The molecule has 0 saturated carbocycles. The van der Waals surface area contributed by atoms with Crippen LogP contribution in [0.5, 0.6) is 0 Å². The molecule has 0 aliphatic rings. The van der Waals surface area contributed by atoms with E-state index in [-0.39, 0.29) is 5.91 Å². The highest BCUT2D eigenvalue weighted by Gasteiger charge is 2.07. The standard InChI is InChI=1S/C14H18N2OS2/c1-3-12-10(2)19-14(16-12)6-7-15-13(17)9-11-5-4-8-18-11/h4-5,8H,3,6-7,9H2,1-2H3,(H,15,17). The molecule has 3 nitrogen and oxygen atoms in total. The first-order valence-corrected chi connectivity index (χ1v) is 8.13. The molecule has 102 valence electrons. The molecule has 2 aromatic heterocycles. The van der Waals surface area contributed by atoms with Gasteiger partial charge in [-0.2, -0.15) is 0 Å². The van der Waals surface area contributed by atoms with Crippen molar-refractivity contribution in [2.75, 3.05) is 6.54 Å². The second-order valence-electron chi connectivity index (χ2n) is 4.32. The fourth-order valence-corrected chi connectivity index (χ4v) is 3.59. The number of carbonyl (C=O) groups excluding carboxylic acids is 1. The number of nitrogens with one attached hydrogen (secondary N) is 1. The molecule has 2 rings (SSSR count). The van der Waals surface area contributed by atoms with Crippen LogP contribution in [0.15, 0.2) is 17.5 Å². The van der Waals surface area contributed by atoms with Crippen molar-refractivity contribution >= 4 is 28.6 Å². The molecule has 5 heteroatoms. The molecule has 19 heavy (non-hydrogen) atoms. The van der Waals surface area contributed by atoms with Crippen LogP contribution in [0.25, 0.3) is 0 Å². The van der Waals surface area contributed by atoms with E-state index in [0.717, 1.165) is 22.7 Å². The maximum absolute atomic E-state index is 11.7. The molecular weight excluding hydrogens is 276 g/mol. The first-order valence-electron chi connectivity index (χ1n) is 6.43. The van der Waals surface area contributed by atoms with Gasteiger partial charge in [0.25, 0.3) is 0 Å². The Hall–Kier alpha value is -1.20. The Balaban J connectivity index is 1.75. The lowest BCUT2D eigenvalue weighted by Crippen LogP contribution is -2.26. The molecule has 0 spiro atoms. The van der Waals surface area contributed by atoms with Crippen molar-refractivity contribution < 1.29 is 4.79 Å². The molecule has 0 saturated heterocycles. The molecule has 0 aromatic carbocycles. The summed E-state index contributed by atoms with van der Waals surface area (Å²) in [5.74, 6) is 0.0893. The van der Waals surface area contributed by atoms with E-state index in [9.17, 15) is 4.79 Å². The fourth-order valence-electron chi connectivity index (χ4n) is 1.87. The maximum atomic E-state index is 11.7. The monoisotopic (exact) mass is 294 g/mol. The highest BCUT2D eigenvalue weighted by Crippen LogP contribution is 2.18. The van der Waals surface area contributed by atoms with Gasteiger partial charge in [0.05, 0.1) is 17.1 Å². The summed E-state index contributed by atoms with van der Waals surface area (Å²) >= 11 is 3.35. The lowest BCUT2D eigenvalue weighted by Gasteiger charge is -2.02. The molecular formula is C14H18N2OS2. The Labute approximate surface area is 121 Å². The smallest absolute Gasteiger partial charge is 0.225 e. The van der Waals surface area contributed by atoms with Crippen LogP contribution in [0.2, 0.25) is 0 Å². The van der Waals surface area contributed by atoms with Gasteiger partial charge in [0.1, 0.15) is 0 Å². The summed E-state index contributed by atoms with van der Waals surface area (Å²) in [7, 11) is 0. The average Bonchev–Trinajstić information content (AvgIpc) is 2.99. The van der Waals surface area contributed by atoms with Crippen molar-refractivity contribution in [2.45, 2.75) is 33.1 Å². The number of nitrogens with zero attached hydrogens (tertiary/aromatic N) is 1. The van der Waals surface area contributed by atoms with Crippen molar-refractivity contribution in [3.05, 3.63) is 38.0 Å². The number of aromatic nitrogens is 1. The van der Waals surface area contributed by atoms with Crippen molar-refractivity contribution in [3.8, 4) is 0 Å². The maximum Gasteiger partial charge on any atom is 0.225 e. The summed E-state index contributed by atoms with van der Waals surface area (Å²) in [6.45, 7) is 4.89. The molecule has 0 aliphatic heterocycles. The van der Waals surface area contributed by atoms with Crippen LogP contribution in [-0.4, -0.2) is 17.4 Å². The van der Waals surface area contributed by atoms with Crippen molar-refractivity contribution in [3.63, 3.8) is 0 Å². The number of hydrogen-bond acceptors (Lipinski definition) is 4. The van der Waals surface area contributed by atoms with Crippen LogP contribution in [0, 0.1) is 6.92 Å². The van der Waals surface area contributed by atoms with Crippen molar-refractivity contribution in [2.24, 2.45) is 0 Å². The molecule has 1 amide bonds. The molecule has 0 bridgehead atoms. The van der Waals surface area contributed by atoms with Gasteiger partial charge in [0.2, 0.25) is 5.91 Å². The zero-order chi connectivity index (χ0) is 13.7. The predicted octanol–water partition coefficient (Wildman–Crippen LogP) is 2.98. The molecule has 2 aromatic rings. The number of carbonyl (C=O) groups is 1. The van der Waals surface area contributed by atoms with Gasteiger partial charge in [0, 0.05) is 22.7 Å². The normalized spacial score (nSPS) is 10.6. The molecule has 0 atom stereocenters. The second-order valence-corrected chi connectivity index (χ2v) is 6.64. The van der Waals surface area contributed by atoms with Gasteiger partial charge in [-0.25, -0.2) is 4.98 Å². The van der Waals surface area contributed by atoms with Gasteiger partial charge >= 0.3 is 0 Å². The van der Waals surface area contributed by atoms with Crippen LogP contribution >= 0.6 is 22.7 Å². The summed E-state index contributed by atoms with van der Waals surface area (Å²) in [5, 5.41) is 6.06. The summed E-state index contributed by atoms with van der Waals surface area (Å²) in [6, 6.07) is 3.96. The summed E-state index contributed by atoms with van der Waals surface area (Å²) in [4.78, 5) is 18.7. The highest BCUT2D eigenvalue weighted by molar-refractivity contribution is 7.11. The first kappa shape index (κ1) is 14.2. The minimum Gasteiger partial charge on any atom is -0.355 e. The van der Waals surface area contributed by atoms with Gasteiger partial charge in [-0.1, -0.05) is 13.0 Å². The topological polar surface area (TPSA) is 42.0 Å². The third kappa shape index (κ3) is 4.14. The number of hydrogen-bond donors (Lipinski definition) is 1. The Morgan fingerprint density at radius 3 is 2.95 bits per heavy atom. The van der Waals surface area contributed by atoms with E-state index in [1.807, 2.05) is 17.5 Å². The van der Waals surface area contributed by atoms with E-state index in [2.05, 4.69) is 24.1 Å². The van der Waals surface area contributed by atoms with Crippen molar-refractivity contribution in [1.29, 1.82) is 0 Å². The minimum absolute atomic E-state index is 0.0893. The van der Waals surface area contributed by atoms with Gasteiger partial charge in [-0.3, -0.25) is 4.79 Å². The number of thiazole rings is 1. The van der Waals surface area contributed by atoms with Gasteiger partial charge in [0.15, 0.2) is 0 Å². The number of thiophene rings is 1. The Bertz CT molecular complexity index is 532. The SMILES string of the molecule is CCc1nc(CCNC(=O)Cc2cccs2)sc1C. The molecule has 0 radical (unpaired) electrons. The highest BCUT2D eigenvalue weighted by atomic mass is 32.1. The summed E-state index contributed by atoms with van der Waals surface area (Å²) < 4.78 is 0. The molecule has 0 fully saturated rings. The van der Waals surface area contributed by atoms with Gasteiger partial charge < -0.3 is 5.32 Å². The Morgan fingerprint density at radius 1 is 1.47 bits per heavy atom. The second kappa shape index (κ2) is 6.82. The van der Waals surface area contributed by atoms with Crippen LogP contribution in [0.3, 0.4) is 0 Å². The van der Waals surface area contributed by atoms with Crippen molar-refractivity contribution in [1.82, 2.24) is 10.3 Å². The van der Waals surface area contributed by atoms with E-state index in [4.69, 9.17) is 0 Å². The van der Waals surface area contributed by atoms with E-state index in [0.29, 0.717) is 13.0 Å². The zero-order valence-electron chi connectivity index (χ0n) is 11.2. The van der Waals surface area contributed by atoms with Crippen LogP contribution in [-0.2, 0) is 24.1 Å². The van der Waals surface area contributed by atoms with E-state index < -0.39 is 0 Å². The minimum atomic E-state index is 0.0893. The fraction of sp³-hybridized carbons (Fsp3) is 0.429. The van der Waals surface area contributed by atoms with Gasteiger partial charge in [-0.15, -0.1) is 22.7 Å². The quantitative estimate of drug-likeness (QED) is 0.890. The van der Waals surface area contributed by atoms with E-state index in [1.54, 1.807) is 22.7 Å². The van der Waals surface area contributed by atoms with Crippen LogP contribution < -0.4 is 5.32 Å². The summed E-state index contributed by atoms with van der Waals surface area (Å²) in [6.07, 6.45) is 2.28. The third-order valence-electron chi connectivity index (χ3n) is 2.85. The average molecular weight is 294 g/mol. The third-order valence-corrected chi connectivity index (χ3v) is 4.80. The number of aryl methyl sites for hydroxylation is 2. The van der Waals surface area contributed by atoms with Gasteiger partial charge in [-0.05, 0) is 24.8 Å². The Morgan fingerprint density at radius 2 is 2.32 bits per heavy atom. The first-order chi connectivity index (χ1) is 9.19. The summed E-state index contributed by atoms with van der Waals surface area (Å²) in [5.41, 5.74) is 1.19. The molecule has 2 heterocycles.